The molecule has 0 spiro atoms. The van der Waals surface area contributed by atoms with Crippen molar-refractivity contribution in [3.63, 3.8) is 0 Å². The Kier molecular flexibility index (Phi) is 4.79. The van der Waals surface area contributed by atoms with Gasteiger partial charge in [-0.05, 0) is 30.5 Å². The Hall–Kier alpha value is -1.81. The summed E-state index contributed by atoms with van der Waals surface area (Å²) in [7, 11) is 3.70. The highest BCUT2D eigenvalue weighted by atomic mass is 32.1. The second kappa shape index (κ2) is 6.57. The van der Waals surface area contributed by atoms with E-state index in [0.29, 0.717) is 0 Å². The number of benzene rings is 1. The van der Waals surface area contributed by atoms with Gasteiger partial charge in [-0.1, -0.05) is 18.2 Å². The van der Waals surface area contributed by atoms with Crippen LogP contribution < -0.4 is 5.32 Å². The van der Waals surface area contributed by atoms with Crippen LogP contribution in [0, 0.1) is 0 Å². The van der Waals surface area contributed by atoms with Gasteiger partial charge in [0.05, 0.1) is 5.56 Å². The van der Waals surface area contributed by atoms with Crippen LogP contribution in [0.5, 0.6) is 0 Å². The number of amides is 1. The minimum absolute atomic E-state index is 0.0546. The Balaban J connectivity index is 2.11. The number of rotatable bonds is 5. The van der Waals surface area contributed by atoms with Gasteiger partial charge in [-0.15, -0.1) is 11.3 Å². The van der Waals surface area contributed by atoms with E-state index < -0.39 is 0 Å². The van der Waals surface area contributed by atoms with Gasteiger partial charge in [0.2, 0.25) is 0 Å². The molecule has 1 N–H and O–H groups in total. The first-order chi connectivity index (χ1) is 9.63. The number of para-hydroxylation sites is 1. The predicted molar refractivity (Wildman–Crippen MR) is 85.6 cm³/mol. The summed E-state index contributed by atoms with van der Waals surface area (Å²) < 4.78 is 0. The van der Waals surface area contributed by atoms with Crippen molar-refractivity contribution in [2.75, 3.05) is 19.4 Å². The number of hydrogen-bond acceptors (Lipinski definition) is 3. The molecule has 2 rings (SSSR count). The standard InChI is InChI=1S/C16H20N2OS/c1-12(11-13-7-6-10-20-13)18(3)16(19)14-8-4-5-9-15(14)17-2/h4-10,12,17H,11H2,1-3H3. The summed E-state index contributed by atoms with van der Waals surface area (Å²) in [5.74, 6) is 0.0546. The molecule has 1 unspecified atom stereocenters. The van der Waals surface area contributed by atoms with Crippen LogP contribution >= 0.6 is 11.3 Å². The molecular formula is C16H20N2OS. The van der Waals surface area contributed by atoms with Crippen LogP contribution in [0.15, 0.2) is 41.8 Å². The molecule has 0 radical (unpaired) electrons. The van der Waals surface area contributed by atoms with Crippen molar-refractivity contribution < 1.29 is 4.79 Å². The molecule has 0 saturated carbocycles. The number of nitrogens with zero attached hydrogens (tertiary/aromatic N) is 1. The van der Waals surface area contributed by atoms with Crippen molar-refractivity contribution in [1.82, 2.24) is 4.90 Å². The number of carbonyl (C=O) groups excluding carboxylic acids is 1. The van der Waals surface area contributed by atoms with E-state index in [1.807, 2.05) is 49.3 Å². The lowest BCUT2D eigenvalue weighted by molar-refractivity contribution is 0.0745. The van der Waals surface area contributed by atoms with Crippen molar-refractivity contribution >= 4 is 22.9 Å². The van der Waals surface area contributed by atoms with Gasteiger partial charge in [0, 0.05) is 37.1 Å². The van der Waals surface area contributed by atoms with Gasteiger partial charge in [-0.3, -0.25) is 4.79 Å². The maximum Gasteiger partial charge on any atom is 0.255 e. The van der Waals surface area contributed by atoms with E-state index in [4.69, 9.17) is 0 Å². The molecule has 20 heavy (non-hydrogen) atoms. The molecule has 0 bridgehead atoms. The molecule has 4 heteroatoms. The van der Waals surface area contributed by atoms with E-state index >= 15 is 0 Å². The number of anilines is 1. The van der Waals surface area contributed by atoms with Crippen molar-refractivity contribution in [3.05, 3.63) is 52.2 Å². The minimum Gasteiger partial charge on any atom is -0.387 e. The maximum atomic E-state index is 12.6. The van der Waals surface area contributed by atoms with Crippen molar-refractivity contribution in [2.24, 2.45) is 0 Å². The maximum absolute atomic E-state index is 12.6. The molecule has 0 aliphatic rings. The highest BCUT2D eigenvalue weighted by Gasteiger charge is 2.20. The second-order valence-corrected chi connectivity index (χ2v) is 5.88. The van der Waals surface area contributed by atoms with Gasteiger partial charge in [-0.2, -0.15) is 0 Å². The molecule has 1 aromatic heterocycles. The van der Waals surface area contributed by atoms with E-state index in [2.05, 4.69) is 23.7 Å². The first kappa shape index (κ1) is 14.6. The fourth-order valence-corrected chi connectivity index (χ4v) is 2.96. The van der Waals surface area contributed by atoms with Crippen LogP contribution in [0.1, 0.15) is 22.2 Å². The zero-order chi connectivity index (χ0) is 14.5. The van der Waals surface area contributed by atoms with Crippen LogP contribution in [0.25, 0.3) is 0 Å². The topological polar surface area (TPSA) is 32.3 Å². The summed E-state index contributed by atoms with van der Waals surface area (Å²) >= 11 is 1.73. The monoisotopic (exact) mass is 288 g/mol. The summed E-state index contributed by atoms with van der Waals surface area (Å²) in [6.45, 7) is 2.08. The van der Waals surface area contributed by atoms with Gasteiger partial charge in [-0.25, -0.2) is 0 Å². The van der Waals surface area contributed by atoms with Crippen LogP contribution in [-0.2, 0) is 6.42 Å². The molecule has 2 aromatic rings. The molecule has 0 aliphatic heterocycles. The highest BCUT2D eigenvalue weighted by Crippen LogP contribution is 2.19. The summed E-state index contributed by atoms with van der Waals surface area (Å²) in [6, 6.07) is 11.9. The van der Waals surface area contributed by atoms with E-state index in [1.54, 1.807) is 11.3 Å². The molecule has 0 fully saturated rings. The SMILES string of the molecule is CNc1ccccc1C(=O)N(C)C(C)Cc1cccs1. The molecule has 106 valence electrons. The Labute approximate surface area is 124 Å². The molecule has 1 aromatic carbocycles. The van der Waals surface area contributed by atoms with E-state index in [1.165, 1.54) is 4.88 Å². The fourth-order valence-electron chi connectivity index (χ4n) is 2.13. The lowest BCUT2D eigenvalue weighted by Crippen LogP contribution is -2.36. The lowest BCUT2D eigenvalue weighted by atomic mass is 10.1. The van der Waals surface area contributed by atoms with Crippen molar-refractivity contribution in [3.8, 4) is 0 Å². The molecule has 3 nitrogen and oxygen atoms in total. The highest BCUT2D eigenvalue weighted by molar-refractivity contribution is 7.09. The number of hydrogen-bond donors (Lipinski definition) is 1. The van der Waals surface area contributed by atoms with E-state index in [0.717, 1.165) is 17.7 Å². The minimum atomic E-state index is 0.0546. The number of likely N-dealkylation sites (N-methyl/N-ethyl adjacent to an activating group) is 1. The molecule has 1 atom stereocenters. The van der Waals surface area contributed by atoms with E-state index in [9.17, 15) is 4.79 Å². The first-order valence-electron chi connectivity index (χ1n) is 6.69. The number of carbonyl (C=O) groups is 1. The quantitative estimate of drug-likeness (QED) is 0.913. The summed E-state index contributed by atoms with van der Waals surface area (Å²) in [6.07, 6.45) is 0.891. The summed E-state index contributed by atoms with van der Waals surface area (Å²) in [4.78, 5) is 15.7. The predicted octanol–water partition coefficient (Wildman–Crippen LogP) is 3.49. The Bertz CT molecular complexity index is 566. The average molecular weight is 288 g/mol. The Morgan fingerprint density at radius 1 is 1.30 bits per heavy atom. The molecule has 1 heterocycles. The first-order valence-corrected chi connectivity index (χ1v) is 7.57. The third-order valence-electron chi connectivity index (χ3n) is 3.49. The fraction of sp³-hybridized carbons (Fsp3) is 0.312. The van der Waals surface area contributed by atoms with Gasteiger partial charge in [0.15, 0.2) is 0 Å². The van der Waals surface area contributed by atoms with Crippen LogP contribution in [-0.4, -0.2) is 30.9 Å². The molecule has 0 saturated heterocycles. The van der Waals surface area contributed by atoms with Crippen molar-refractivity contribution in [1.29, 1.82) is 0 Å². The zero-order valence-electron chi connectivity index (χ0n) is 12.1. The normalized spacial score (nSPS) is 11.9. The zero-order valence-corrected chi connectivity index (χ0v) is 12.9. The third kappa shape index (κ3) is 3.20. The smallest absolute Gasteiger partial charge is 0.255 e. The van der Waals surface area contributed by atoms with Crippen molar-refractivity contribution in [2.45, 2.75) is 19.4 Å². The van der Waals surface area contributed by atoms with Gasteiger partial charge in [0.25, 0.3) is 5.91 Å². The third-order valence-corrected chi connectivity index (χ3v) is 4.38. The summed E-state index contributed by atoms with van der Waals surface area (Å²) in [5.41, 5.74) is 1.59. The van der Waals surface area contributed by atoms with Crippen LogP contribution in [0.4, 0.5) is 5.69 Å². The molecular weight excluding hydrogens is 268 g/mol. The van der Waals surface area contributed by atoms with E-state index in [-0.39, 0.29) is 11.9 Å². The Morgan fingerprint density at radius 2 is 2.05 bits per heavy atom. The Morgan fingerprint density at radius 3 is 2.70 bits per heavy atom. The van der Waals surface area contributed by atoms with Crippen LogP contribution in [0.3, 0.4) is 0 Å². The number of nitrogens with one attached hydrogen (secondary N) is 1. The molecule has 1 amide bonds. The largest absolute Gasteiger partial charge is 0.387 e. The summed E-state index contributed by atoms with van der Waals surface area (Å²) in [5, 5.41) is 5.14. The molecule has 0 aliphatic carbocycles. The average Bonchev–Trinajstić information content (AvgIpc) is 2.98. The van der Waals surface area contributed by atoms with Crippen LogP contribution in [0.2, 0.25) is 0 Å². The number of thiophene rings is 1. The van der Waals surface area contributed by atoms with Gasteiger partial charge < -0.3 is 10.2 Å². The lowest BCUT2D eigenvalue weighted by Gasteiger charge is -2.25. The van der Waals surface area contributed by atoms with Gasteiger partial charge in [0.1, 0.15) is 0 Å². The second-order valence-electron chi connectivity index (χ2n) is 4.84. The van der Waals surface area contributed by atoms with Gasteiger partial charge >= 0.3 is 0 Å².